The Balaban J connectivity index is 1.27. The van der Waals surface area contributed by atoms with E-state index in [1.54, 1.807) is 0 Å². The lowest BCUT2D eigenvalue weighted by atomic mass is 10.0. The van der Waals surface area contributed by atoms with Crippen LogP contribution < -0.4 is 0 Å². The van der Waals surface area contributed by atoms with Crippen LogP contribution in [0.3, 0.4) is 0 Å². The predicted molar refractivity (Wildman–Crippen MR) is 193 cm³/mol. The summed E-state index contributed by atoms with van der Waals surface area (Å²) in [6.45, 7) is 0. The van der Waals surface area contributed by atoms with E-state index in [0.717, 1.165) is 33.5 Å². The highest BCUT2D eigenvalue weighted by Gasteiger charge is 2.19. The molecular formula is C42H27N3S. The second-order valence-electron chi connectivity index (χ2n) is 11.5. The number of para-hydroxylation sites is 1. The SMILES string of the molecule is c1ccc(-c2ccc(-c3cc(-c4ccccc4)nc(-n4c5ccccc5c5c6sc(-c7ccccc7)cc6ccc54)n3)cc2)cc1. The minimum Gasteiger partial charge on any atom is -0.278 e. The van der Waals surface area contributed by atoms with Gasteiger partial charge in [-0.3, -0.25) is 4.57 Å². The summed E-state index contributed by atoms with van der Waals surface area (Å²) in [7, 11) is 0. The lowest BCUT2D eigenvalue weighted by Crippen LogP contribution is -2.04. The molecule has 4 heteroatoms. The molecule has 0 unspecified atom stereocenters. The number of hydrogen-bond donors (Lipinski definition) is 0. The van der Waals surface area contributed by atoms with Gasteiger partial charge in [0.25, 0.3) is 0 Å². The van der Waals surface area contributed by atoms with Crippen LogP contribution in [0.15, 0.2) is 164 Å². The number of benzene rings is 6. The standard InChI is InChI=1S/C42H27N3S/c1-4-12-28(13-5-1)29-20-22-31(23-21-29)36-27-35(30-14-6-2-7-15-30)43-42(44-36)45-37-19-11-10-18-34(37)40-38(45)25-24-33-26-39(46-41(33)40)32-16-8-3-9-17-32/h1-27H. The van der Waals surface area contributed by atoms with Crippen LogP contribution in [0, 0.1) is 0 Å². The second kappa shape index (κ2) is 11.0. The van der Waals surface area contributed by atoms with Crippen molar-refractivity contribution in [2.45, 2.75) is 0 Å². The fourth-order valence-corrected chi connectivity index (χ4v) is 7.63. The summed E-state index contributed by atoms with van der Waals surface area (Å²) in [5.41, 5.74) is 9.70. The smallest absolute Gasteiger partial charge is 0.235 e. The van der Waals surface area contributed by atoms with Gasteiger partial charge in [-0.05, 0) is 46.3 Å². The molecule has 0 N–H and O–H groups in total. The molecule has 9 aromatic rings. The van der Waals surface area contributed by atoms with Gasteiger partial charge in [0, 0.05) is 31.5 Å². The summed E-state index contributed by atoms with van der Waals surface area (Å²) in [5, 5.41) is 3.69. The molecule has 216 valence electrons. The number of rotatable bonds is 5. The van der Waals surface area contributed by atoms with E-state index < -0.39 is 0 Å². The van der Waals surface area contributed by atoms with Crippen LogP contribution in [0.4, 0.5) is 0 Å². The van der Waals surface area contributed by atoms with Gasteiger partial charge in [0.2, 0.25) is 5.95 Å². The minimum absolute atomic E-state index is 0.661. The fourth-order valence-electron chi connectivity index (χ4n) is 6.41. The largest absolute Gasteiger partial charge is 0.278 e. The summed E-state index contributed by atoms with van der Waals surface area (Å²) in [6.07, 6.45) is 0. The van der Waals surface area contributed by atoms with E-state index in [2.05, 4.69) is 156 Å². The first-order chi connectivity index (χ1) is 22.8. The quantitative estimate of drug-likeness (QED) is 0.195. The van der Waals surface area contributed by atoms with Crippen LogP contribution in [0.5, 0.6) is 0 Å². The highest BCUT2D eigenvalue weighted by atomic mass is 32.1. The molecule has 3 nitrogen and oxygen atoms in total. The van der Waals surface area contributed by atoms with Crippen LogP contribution in [-0.4, -0.2) is 14.5 Å². The van der Waals surface area contributed by atoms with Crippen LogP contribution in [-0.2, 0) is 0 Å². The Labute approximate surface area is 270 Å². The minimum atomic E-state index is 0.661. The molecule has 0 aliphatic rings. The molecule has 0 aliphatic heterocycles. The second-order valence-corrected chi connectivity index (χ2v) is 12.5. The van der Waals surface area contributed by atoms with Gasteiger partial charge in [-0.25, -0.2) is 9.97 Å². The number of thiophene rings is 1. The van der Waals surface area contributed by atoms with E-state index in [0.29, 0.717) is 5.95 Å². The van der Waals surface area contributed by atoms with Gasteiger partial charge < -0.3 is 0 Å². The zero-order valence-corrected chi connectivity index (χ0v) is 25.7. The summed E-state index contributed by atoms with van der Waals surface area (Å²) in [4.78, 5) is 11.8. The normalized spacial score (nSPS) is 11.5. The lowest BCUT2D eigenvalue weighted by molar-refractivity contribution is 0.996. The van der Waals surface area contributed by atoms with Gasteiger partial charge in [-0.2, -0.15) is 0 Å². The van der Waals surface area contributed by atoms with E-state index >= 15 is 0 Å². The molecule has 0 radical (unpaired) electrons. The average Bonchev–Trinajstić information content (AvgIpc) is 3.72. The van der Waals surface area contributed by atoms with Crippen molar-refractivity contribution in [2.24, 2.45) is 0 Å². The maximum atomic E-state index is 5.26. The summed E-state index contributed by atoms with van der Waals surface area (Å²) in [6, 6.07) is 57.7. The molecule has 3 heterocycles. The number of nitrogens with zero attached hydrogens (tertiary/aromatic N) is 3. The Morgan fingerprint density at radius 3 is 1.67 bits per heavy atom. The van der Waals surface area contributed by atoms with Gasteiger partial charge in [-0.15, -0.1) is 11.3 Å². The molecule has 0 saturated heterocycles. The first kappa shape index (κ1) is 26.6. The van der Waals surface area contributed by atoms with Gasteiger partial charge in [0.05, 0.1) is 22.4 Å². The highest BCUT2D eigenvalue weighted by molar-refractivity contribution is 7.23. The van der Waals surface area contributed by atoms with E-state index in [1.165, 1.54) is 42.4 Å². The molecule has 0 atom stereocenters. The van der Waals surface area contributed by atoms with Crippen LogP contribution in [0.2, 0.25) is 0 Å². The maximum absolute atomic E-state index is 5.26. The highest BCUT2D eigenvalue weighted by Crippen LogP contribution is 2.42. The van der Waals surface area contributed by atoms with Gasteiger partial charge >= 0.3 is 0 Å². The lowest BCUT2D eigenvalue weighted by Gasteiger charge is -2.12. The molecule has 0 bridgehead atoms. The zero-order chi connectivity index (χ0) is 30.5. The van der Waals surface area contributed by atoms with E-state index in [9.17, 15) is 0 Å². The van der Waals surface area contributed by atoms with Crippen molar-refractivity contribution in [2.75, 3.05) is 0 Å². The number of aromatic nitrogens is 3. The Morgan fingerprint density at radius 2 is 0.978 bits per heavy atom. The Morgan fingerprint density at radius 1 is 0.435 bits per heavy atom. The van der Waals surface area contributed by atoms with E-state index in [-0.39, 0.29) is 0 Å². The van der Waals surface area contributed by atoms with Crippen LogP contribution in [0.1, 0.15) is 0 Å². The van der Waals surface area contributed by atoms with Crippen molar-refractivity contribution in [3.63, 3.8) is 0 Å². The molecule has 0 aliphatic carbocycles. The Bertz CT molecular complexity index is 2500. The van der Waals surface area contributed by atoms with Crippen LogP contribution >= 0.6 is 11.3 Å². The molecular weight excluding hydrogens is 579 g/mol. The first-order valence-electron chi connectivity index (χ1n) is 15.4. The van der Waals surface area contributed by atoms with Gasteiger partial charge in [-0.1, -0.05) is 140 Å². The maximum Gasteiger partial charge on any atom is 0.235 e. The molecule has 0 saturated carbocycles. The molecule has 3 aromatic heterocycles. The Kier molecular flexibility index (Phi) is 6.32. The zero-order valence-electron chi connectivity index (χ0n) is 24.8. The molecule has 46 heavy (non-hydrogen) atoms. The van der Waals surface area contributed by atoms with Crippen molar-refractivity contribution in [3.05, 3.63) is 164 Å². The average molecular weight is 606 g/mol. The molecule has 0 fully saturated rings. The monoisotopic (exact) mass is 605 g/mol. The molecule has 0 spiro atoms. The molecule has 6 aromatic carbocycles. The first-order valence-corrected chi connectivity index (χ1v) is 16.2. The Hall–Kier alpha value is -5.84. The number of hydrogen-bond acceptors (Lipinski definition) is 3. The third-order valence-corrected chi connectivity index (χ3v) is 9.87. The van der Waals surface area contributed by atoms with Crippen molar-refractivity contribution in [3.8, 4) is 50.0 Å². The predicted octanol–water partition coefficient (Wildman–Crippen LogP) is 11.5. The fraction of sp³-hybridized carbons (Fsp3) is 0. The third-order valence-electron chi connectivity index (χ3n) is 8.65. The third kappa shape index (κ3) is 4.50. The van der Waals surface area contributed by atoms with Crippen molar-refractivity contribution < 1.29 is 0 Å². The molecule has 0 amide bonds. The summed E-state index contributed by atoms with van der Waals surface area (Å²) in [5.74, 6) is 0.661. The molecule has 9 rings (SSSR count). The summed E-state index contributed by atoms with van der Waals surface area (Å²) >= 11 is 1.85. The van der Waals surface area contributed by atoms with Crippen molar-refractivity contribution in [1.82, 2.24) is 14.5 Å². The van der Waals surface area contributed by atoms with E-state index in [4.69, 9.17) is 9.97 Å². The van der Waals surface area contributed by atoms with Gasteiger partial charge in [0.1, 0.15) is 0 Å². The van der Waals surface area contributed by atoms with Crippen molar-refractivity contribution in [1.29, 1.82) is 0 Å². The topological polar surface area (TPSA) is 30.7 Å². The van der Waals surface area contributed by atoms with Gasteiger partial charge in [0.15, 0.2) is 0 Å². The summed E-state index contributed by atoms with van der Waals surface area (Å²) < 4.78 is 3.52. The number of fused-ring (bicyclic) bond motifs is 5. The van der Waals surface area contributed by atoms with Crippen molar-refractivity contribution >= 4 is 43.2 Å². The van der Waals surface area contributed by atoms with Crippen LogP contribution in [0.25, 0.3) is 81.9 Å². The van der Waals surface area contributed by atoms with E-state index in [1.807, 2.05) is 23.5 Å².